The minimum Gasteiger partial charge on any atom is -0.486 e. The number of hydrogen-bond donors (Lipinski definition) is 1. The number of carbonyl (C=O) groups excluding carboxylic acids is 2. The molecule has 146 valence electrons. The number of carboxylic acid groups (broad SMARTS) is 1. The van der Waals surface area contributed by atoms with E-state index in [9.17, 15) is 19.5 Å². The van der Waals surface area contributed by atoms with Crippen LogP contribution in [0.25, 0.3) is 0 Å². The number of thiophene rings is 1. The Balaban J connectivity index is 1.64. The number of ether oxygens (including phenoxy) is 1. The van der Waals surface area contributed by atoms with Gasteiger partial charge in [0.05, 0.1) is 17.7 Å². The van der Waals surface area contributed by atoms with E-state index in [0.29, 0.717) is 17.0 Å². The van der Waals surface area contributed by atoms with E-state index in [4.69, 9.17) is 4.74 Å². The Bertz CT molecular complexity index is 1110. The van der Waals surface area contributed by atoms with Gasteiger partial charge in [-0.1, -0.05) is 36.4 Å². The lowest BCUT2D eigenvalue weighted by Gasteiger charge is -2.26. The molecule has 0 spiro atoms. The average Bonchev–Trinajstić information content (AvgIpc) is 3.13. The Morgan fingerprint density at radius 2 is 1.90 bits per heavy atom. The van der Waals surface area contributed by atoms with Gasteiger partial charge in [0.15, 0.2) is 0 Å². The van der Waals surface area contributed by atoms with Crippen molar-refractivity contribution >= 4 is 34.8 Å². The lowest BCUT2D eigenvalue weighted by atomic mass is 10.0. The van der Waals surface area contributed by atoms with Crippen molar-refractivity contribution in [2.24, 2.45) is 0 Å². The maximum absolute atomic E-state index is 13.0. The molecule has 1 aromatic heterocycles. The van der Waals surface area contributed by atoms with Gasteiger partial charge in [0, 0.05) is 6.07 Å². The maximum atomic E-state index is 13.0. The smallest absolute Gasteiger partial charge is 0.346 e. The number of nitrogens with zero attached hydrogens (tertiary/aromatic N) is 1. The van der Waals surface area contributed by atoms with E-state index >= 15 is 0 Å². The minimum absolute atomic E-state index is 0.0175. The van der Waals surface area contributed by atoms with E-state index in [1.807, 2.05) is 37.3 Å². The van der Waals surface area contributed by atoms with Crippen LogP contribution >= 0.6 is 11.3 Å². The van der Waals surface area contributed by atoms with Crippen molar-refractivity contribution in [3.8, 4) is 5.75 Å². The molecule has 2 amide bonds. The van der Waals surface area contributed by atoms with Crippen LogP contribution in [0.2, 0.25) is 0 Å². The number of amides is 2. The molecule has 0 fully saturated rings. The van der Waals surface area contributed by atoms with Crippen LogP contribution in [0.1, 0.15) is 44.2 Å². The Morgan fingerprint density at radius 1 is 1.14 bits per heavy atom. The zero-order valence-electron chi connectivity index (χ0n) is 15.5. The number of benzene rings is 2. The van der Waals surface area contributed by atoms with E-state index in [2.05, 4.69) is 0 Å². The molecule has 0 radical (unpaired) electrons. The van der Waals surface area contributed by atoms with Crippen LogP contribution in [0.3, 0.4) is 0 Å². The zero-order valence-corrected chi connectivity index (χ0v) is 16.3. The number of carbonyl (C=O) groups is 3. The maximum Gasteiger partial charge on any atom is 0.346 e. The molecule has 6 nitrogen and oxygen atoms in total. The van der Waals surface area contributed by atoms with Gasteiger partial charge >= 0.3 is 5.97 Å². The second kappa shape index (κ2) is 7.52. The summed E-state index contributed by atoms with van der Waals surface area (Å²) in [7, 11) is 0. The van der Waals surface area contributed by atoms with Crippen LogP contribution in [0.5, 0.6) is 5.75 Å². The predicted molar refractivity (Wildman–Crippen MR) is 109 cm³/mol. The standard InChI is InChI=1S/C22H17NO5S/c1-13(14-6-3-2-4-7-14)28-17-9-5-8-16(11-17)23-18(24)10-15-12-29-20(22(26)27)19(15)21(23)25/h2-9,11-13H,10H2,1H3,(H,26,27). The average molecular weight is 407 g/mol. The van der Waals surface area contributed by atoms with E-state index in [-0.39, 0.29) is 23.0 Å². The Kier molecular flexibility index (Phi) is 4.90. The Morgan fingerprint density at radius 3 is 2.62 bits per heavy atom. The summed E-state index contributed by atoms with van der Waals surface area (Å²) in [6.45, 7) is 1.91. The fourth-order valence-electron chi connectivity index (χ4n) is 3.34. The van der Waals surface area contributed by atoms with Crippen LogP contribution < -0.4 is 9.64 Å². The summed E-state index contributed by atoms with van der Waals surface area (Å²) in [5.41, 5.74) is 1.90. The van der Waals surface area contributed by atoms with E-state index in [1.165, 1.54) is 0 Å². The molecular formula is C22H17NO5S. The third-order valence-corrected chi connectivity index (χ3v) is 5.74. The molecule has 3 aromatic rings. The summed E-state index contributed by atoms with van der Waals surface area (Å²) in [6.07, 6.45) is -0.239. The van der Waals surface area contributed by atoms with Crippen molar-refractivity contribution in [2.45, 2.75) is 19.4 Å². The number of imide groups is 1. The summed E-state index contributed by atoms with van der Waals surface area (Å²) in [4.78, 5) is 38.0. The molecule has 2 heterocycles. The molecule has 1 N–H and O–H groups in total. The zero-order chi connectivity index (χ0) is 20.5. The van der Waals surface area contributed by atoms with Gasteiger partial charge in [-0.25, -0.2) is 9.69 Å². The topological polar surface area (TPSA) is 83.9 Å². The molecule has 0 aliphatic carbocycles. The third kappa shape index (κ3) is 3.52. The molecule has 4 rings (SSSR count). The van der Waals surface area contributed by atoms with Crippen LogP contribution in [0, 0.1) is 0 Å². The first-order valence-corrected chi connectivity index (χ1v) is 9.86. The first-order valence-electron chi connectivity index (χ1n) is 8.98. The molecule has 0 saturated carbocycles. The monoisotopic (exact) mass is 407 g/mol. The number of fused-ring (bicyclic) bond motifs is 1. The van der Waals surface area contributed by atoms with Gasteiger partial charge in [-0.05, 0) is 35.6 Å². The van der Waals surface area contributed by atoms with Crippen molar-refractivity contribution in [1.82, 2.24) is 0 Å². The lowest BCUT2D eigenvalue weighted by molar-refractivity contribution is -0.117. The van der Waals surface area contributed by atoms with Gasteiger partial charge in [0.25, 0.3) is 5.91 Å². The molecule has 0 bridgehead atoms. The highest BCUT2D eigenvalue weighted by Crippen LogP contribution is 2.33. The molecule has 1 aliphatic heterocycles. The van der Waals surface area contributed by atoms with Gasteiger partial charge in [-0.2, -0.15) is 0 Å². The molecular weight excluding hydrogens is 390 g/mol. The normalized spacial score (nSPS) is 14.4. The lowest BCUT2D eigenvalue weighted by Crippen LogP contribution is -2.42. The molecule has 7 heteroatoms. The van der Waals surface area contributed by atoms with E-state index < -0.39 is 17.8 Å². The largest absolute Gasteiger partial charge is 0.486 e. The molecule has 1 aliphatic rings. The quantitative estimate of drug-likeness (QED) is 0.637. The Hall–Kier alpha value is -3.45. The van der Waals surface area contributed by atoms with Crippen LogP contribution in [0.4, 0.5) is 5.69 Å². The molecule has 1 atom stereocenters. The summed E-state index contributed by atoms with van der Waals surface area (Å²) in [5, 5.41) is 10.9. The Labute approximate surface area is 171 Å². The first-order chi connectivity index (χ1) is 14.0. The minimum atomic E-state index is -1.17. The van der Waals surface area contributed by atoms with Gasteiger partial charge in [0.2, 0.25) is 5.91 Å². The fraction of sp³-hybridized carbons (Fsp3) is 0.136. The van der Waals surface area contributed by atoms with Gasteiger partial charge in [0.1, 0.15) is 16.7 Å². The molecule has 2 aromatic carbocycles. The number of hydrogen-bond acceptors (Lipinski definition) is 5. The summed E-state index contributed by atoms with van der Waals surface area (Å²) in [6, 6.07) is 16.4. The van der Waals surface area contributed by atoms with Crippen LogP contribution in [-0.2, 0) is 11.2 Å². The summed E-state index contributed by atoms with van der Waals surface area (Å²) >= 11 is 0.962. The predicted octanol–water partition coefficient (Wildman–Crippen LogP) is 4.32. The molecule has 0 saturated heterocycles. The SMILES string of the molecule is CC(Oc1cccc(N2C(=O)Cc3csc(C(=O)O)c3C2=O)c1)c1ccccc1. The summed E-state index contributed by atoms with van der Waals surface area (Å²) in [5.74, 6) is -1.68. The van der Waals surface area contributed by atoms with Gasteiger partial charge in [-0.15, -0.1) is 11.3 Å². The van der Waals surface area contributed by atoms with Crippen molar-refractivity contribution in [2.75, 3.05) is 4.90 Å². The third-order valence-electron chi connectivity index (χ3n) is 4.73. The van der Waals surface area contributed by atoms with Gasteiger partial charge < -0.3 is 9.84 Å². The van der Waals surface area contributed by atoms with Gasteiger partial charge in [-0.3, -0.25) is 9.59 Å². The van der Waals surface area contributed by atoms with Crippen molar-refractivity contribution < 1.29 is 24.2 Å². The van der Waals surface area contributed by atoms with E-state index in [1.54, 1.807) is 29.6 Å². The highest BCUT2D eigenvalue weighted by atomic mass is 32.1. The second-order valence-corrected chi connectivity index (χ2v) is 7.53. The fourth-order valence-corrected chi connectivity index (χ4v) is 4.23. The highest BCUT2D eigenvalue weighted by Gasteiger charge is 2.36. The first kappa shape index (κ1) is 18.9. The second-order valence-electron chi connectivity index (χ2n) is 6.65. The van der Waals surface area contributed by atoms with Crippen molar-refractivity contribution in [1.29, 1.82) is 0 Å². The van der Waals surface area contributed by atoms with Crippen molar-refractivity contribution in [3.05, 3.63) is 81.5 Å². The number of rotatable bonds is 5. The van der Waals surface area contributed by atoms with E-state index in [0.717, 1.165) is 21.8 Å². The number of anilines is 1. The number of carboxylic acids is 1. The van der Waals surface area contributed by atoms with Crippen molar-refractivity contribution in [3.63, 3.8) is 0 Å². The van der Waals surface area contributed by atoms with Crippen LogP contribution in [0.15, 0.2) is 60.0 Å². The van der Waals surface area contributed by atoms with Crippen LogP contribution in [-0.4, -0.2) is 22.9 Å². The summed E-state index contributed by atoms with van der Waals surface area (Å²) < 4.78 is 5.98. The molecule has 29 heavy (non-hydrogen) atoms. The number of aromatic carboxylic acids is 1. The molecule has 1 unspecified atom stereocenters. The highest BCUT2D eigenvalue weighted by molar-refractivity contribution is 7.12.